The van der Waals surface area contributed by atoms with Crippen molar-refractivity contribution in [2.45, 2.75) is 12.5 Å². The molecule has 2 nitrogen and oxygen atoms in total. The molecule has 128 valence electrons. The Kier molecular flexibility index (Phi) is 5.29. The van der Waals surface area contributed by atoms with Crippen LogP contribution in [-0.2, 0) is 10.2 Å². The lowest BCUT2D eigenvalue weighted by atomic mass is 9.99. The first-order chi connectivity index (χ1) is 11.9. The summed E-state index contributed by atoms with van der Waals surface area (Å²) in [7, 11) is -2.98. The molecule has 0 aromatic heterocycles. The second-order valence-corrected chi connectivity index (χ2v) is 10.1. The minimum Gasteiger partial charge on any atom is -0.385 e. The maximum Gasteiger partial charge on any atom is 0.146 e. The maximum atomic E-state index is 14.1. The summed E-state index contributed by atoms with van der Waals surface area (Å²) in [5.74, 6) is 0. The normalized spacial score (nSPS) is 14.0. The first-order valence-corrected chi connectivity index (χ1v) is 10.8. The van der Waals surface area contributed by atoms with Gasteiger partial charge in [-0.1, -0.05) is 88.7 Å². The maximum absolute atomic E-state index is 14.1. The zero-order valence-corrected chi connectivity index (χ0v) is 16.5. The summed E-state index contributed by atoms with van der Waals surface area (Å²) in [4.78, 5) is 0. The summed E-state index contributed by atoms with van der Waals surface area (Å²) in [6.45, 7) is 1.73. The van der Waals surface area contributed by atoms with Gasteiger partial charge in [-0.2, -0.15) is 0 Å². The molecule has 0 fully saturated rings. The quantitative estimate of drug-likeness (QED) is 0.615. The first kappa shape index (κ1) is 18.1. The molecule has 0 bridgehead atoms. The van der Waals surface area contributed by atoms with Gasteiger partial charge in [0.15, 0.2) is 0 Å². The Labute approximate surface area is 157 Å². The van der Waals surface area contributed by atoms with E-state index in [-0.39, 0.29) is 6.16 Å². The SMILES string of the molecule is CC(O)(CP(=O)(c1ccccc1)c1ccccc1)c1ccc(Br)cc1. The van der Waals surface area contributed by atoms with Crippen LogP contribution >= 0.6 is 23.1 Å². The molecule has 0 aliphatic heterocycles. The molecule has 0 saturated carbocycles. The molecule has 0 heterocycles. The van der Waals surface area contributed by atoms with Crippen LogP contribution in [0.15, 0.2) is 89.4 Å². The Bertz CT molecular complexity index is 831. The summed E-state index contributed by atoms with van der Waals surface area (Å²) in [6, 6.07) is 26.4. The third kappa shape index (κ3) is 3.95. The molecule has 0 aliphatic rings. The van der Waals surface area contributed by atoms with Gasteiger partial charge < -0.3 is 9.67 Å². The fraction of sp³-hybridized carbons (Fsp3) is 0.143. The van der Waals surface area contributed by atoms with Gasteiger partial charge >= 0.3 is 0 Å². The van der Waals surface area contributed by atoms with E-state index >= 15 is 0 Å². The molecule has 3 aromatic carbocycles. The molecule has 0 amide bonds. The molecule has 1 atom stereocenters. The van der Waals surface area contributed by atoms with E-state index in [0.29, 0.717) is 0 Å². The van der Waals surface area contributed by atoms with Gasteiger partial charge in [0.05, 0.1) is 5.60 Å². The predicted octanol–water partition coefficient (Wildman–Crippen LogP) is 4.67. The van der Waals surface area contributed by atoms with Gasteiger partial charge in [-0.15, -0.1) is 0 Å². The van der Waals surface area contributed by atoms with Crippen molar-refractivity contribution in [2.24, 2.45) is 0 Å². The van der Waals surface area contributed by atoms with E-state index in [1.807, 2.05) is 84.9 Å². The fourth-order valence-corrected chi connectivity index (χ4v) is 6.29. The highest BCUT2D eigenvalue weighted by molar-refractivity contribution is 9.10. The van der Waals surface area contributed by atoms with Gasteiger partial charge in [0.1, 0.15) is 7.14 Å². The average molecular weight is 415 g/mol. The molecule has 1 N–H and O–H groups in total. The smallest absolute Gasteiger partial charge is 0.146 e. The van der Waals surface area contributed by atoms with E-state index in [1.54, 1.807) is 6.92 Å². The predicted molar refractivity (Wildman–Crippen MR) is 108 cm³/mol. The van der Waals surface area contributed by atoms with Crippen LogP contribution in [0.25, 0.3) is 0 Å². The van der Waals surface area contributed by atoms with Crippen molar-refractivity contribution in [3.8, 4) is 0 Å². The molecule has 3 rings (SSSR count). The number of aliphatic hydroxyl groups is 1. The zero-order valence-electron chi connectivity index (χ0n) is 14.0. The molecule has 3 aromatic rings. The van der Waals surface area contributed by atoms with Gasteiger partial charge in [-0.05, 0) is 24.6 Å². The Morgan fingerprint density at radius 1 is 0.840 bits per heavy atom. The lowest BCUT2D eigenvalue weighted by molar-refractivity contribution is 0.0820. The highest BCUT2D eigenvalue weighted by Crippen LogP contribution is 2.48. The number of halogens is 1. The van der Waals surface area contributed by atoms with E-state index < -0.39 is 12.7 Å². The van der Waals surface area contributed by atoms with Crippen LogP contribution in [0.1, 0.15) is 12.5 Å². The van der Waals surface area contributed by atoms with E-state index in [9.17, 15) is 9.67 Å². The summed E-state index contributed by atoms with van der Waals surface area (Å²) < 4.78 is 15.0. The van der Waals surface area contributed by atoms with Crippen molar-refractivity contribution in [1.82, 2.24) is 0 Å². The minimum absolute atomic E-state index is 0.148. The van der Waals surface area contributed by atoms with Crippen LogP contribution in [0.5, 0.6) is 0 Å². The molecule has 4 heteroatoms. The zero-order chi connectivity index (χ0) is 17.9. The molecule has 0 spiro atoms. The lowest BCUT2D eigenvalue weighted by Crippen LogP contribution is -2.32. The van der Waals surface area contributed by atoms with E-state index in [4.69, 9.17) is 0 Å². The summed E-state index contributed by atoms with van der Waals surface area (Å²) in [6.07, 6.45) is 0.148. The highest BCUT2D eigenvalue weighted by Gasteiger charge is 2.37. The van der Waals surface area contributed by atoms with Crippen LogP contribution in [0, 0.1) is 0 Å². The van der Waals surface area contributed by atoms with Gasteiger partial charge in [-0.25, -0.2) is 0 Å². The van der Waals surface area contributed by atoms with Crippen molar-refractivity contribution in [2.75, 3.05) is 6.16 Å². The Morgan fingerprint density at radius 2 is 1.28 bits per heavy atom. The van der Waals surface area contributed by atoms with Crippen LogP contribution < -0.4 is 10.6 Å². The molecule has 0 radical (unpaired) electrons. The van der Waals surface area contributed by atoms with Crippen molar-refractivity contribution < 1.29 is 9.67 Å². The first-order valence-electron chi connectivity index (χ1n) is 8.10. The third-order valence-corrected chi connectivity index (χ3v) is 8.20. The van der Waals surface area contributed by atoms with E-state index in [0.717, 1.165) is 20.6 Å². The number of benzene rings is 3. The minimum atomic E-state index is -2.98. The van der Waals surface area contributed by atoms with E-state index in [2.05, 4.69) is 15.9 Å². The molecular formula is C21H20BrO2P. The van der Waals surface area contributed by atoms with E-state index in [1.165, 1.54) is 0 Å². The number of rotatable bonds is 5. The van der Waals surface area contributed by atoms with Crippen LogP contribution in [-0.4, -0.2) is 11.3 Å². The highest BCUT2D eigenvalue weighted by atomic mass is 79.9. The molecule has 0 aliphatic carbocycles. The number of hydrogen-bond acceptors (Lipinski definition) is 2. The second kappa shape index (κ2) is 7.29. The molecule has 0 saturated heterocycles. The van der Waals surface area contributed by atoms with Crippen LogP contribution in [0.2, 0.25) is 0 Å². The third-order valence-electron chi connectivity index (χ3n) is 4.34. The van der Waals surface area contributed by atoms with Crippen molar-refractivity contribution in [3.05, 3.63) is 95.0 Å². The summed E-state index contributed by atoms with van der Waals surface area (Å²) >= 11 is 3.41. The summed E-state index contributed by atoms with van der Waals surface area (Å²) in [5, 5.41) is 12.7. The largest absolute Gasteiger partial charge is 0.385 e. The Balaban J connectivity index is 2.07. The fourth-order valence-electron chi connectivity index (χ4n) is 3.00. The van der Waals surface area contributed by atoms with Gasteiger partial charge in [0.25, 0.3) is 0 Å². The molecule has 25 heavy (non-hydrogen) atoms. The lowest BCUT2D eigenvalue weighted by Gasteiger charge is -2.30. The topological polar surface area (TPSA) is 37.3 Å². The molecule has 1 unspecified atom stereocenters. The standard InChI is InChI=1S/C21H20BrO2P/c1-21(23,17-12-14-18(22)15-13-17)16-25(24,19-8-4-2-5-9-19)20-10-6-3-7-11-20/h2-15,23H,16H2,1H3. The van der Waals surface area contributed by atoms with Crippen LogP contribution in [0.3, 0.4) is 0 Å². The van der Waals surface area contributed by atoms with Gasteiger partial charge in [-0.3, -0.25) is 0 Å². The summed E-state index contributed by atoms with van der Waals surface area (Å²) in [5.41, 5.74) is -0.454. The second-order valence-electron chi connectivity index (χ2n) is 6.35. The van der Waals surface area contributed by atoms with Crippen molar-refractivity contribution in [3.63, 3.8) is 0 Å². The average Bonchev–Trinajstić information content (AvgIpc) is 2.63. The monoisotopic (exact) mass is 414 g/mol. The van der Waals surface area contributed by atoms with Crippen molar-refractivity contribution in [1.29, 1.82) is 0 Å². The molecular weight excluding hydrogens is 395 g/mol. The van der Waals surface area contributed by atoms with Gasteiger partial charge in [0.2, 0.25) is 0 Å². The van der Waals surface area contributed by atoms with Crippen molar-refractivity contribution >= 4 is 33.7 Å². The van der Waals surface area contributed by atoms with Crippen LogP contribution in [0.4, 0.5) is 0 Å². The number of hydrogen-bond donors (Lipinski definition) is 1. The Hall–Kier alpha value is -1.67. The Morgan fingerprint density at radius 3 is 1.72 bits per heavy atom. The van der Waals surface area contributed by atoms with Gasteiger partial charge in [0, 0.05) is 21.2 Å².